The molecule has 0 heterocycles. The number of nitrogens with one attached hydrogen (secondary N) is 1. The molecule has 3 aromatic rings. The first-order valence-electron chi connectivity index (χ1n) is 8.07. The predicted octanol–water partition coefficient (Wildman–Crippen LogP) is 2.85. The van der Waals surface area contributed by atoms with Gasteiger partial charge in [-0.05, 0) is 24.3 Å². The number of sulfonamides is 1. The topological polar surface area (TPSA) is 106 Å². The number of nitrogens with two attached hydrogens (primary N) is 1. The number of hydrogen-bond donors (Lipinski definition) is 2. The lowest BCUT2D eigenvalue weighted by atomic mass is 9.83. The zero-order chi connectivity index (χ0) is 19.2. The Morgan fingerprint density at radius 3 is 2.07 bits per heavy atom. The molecule has 3 N–H and O–H groups in total. The van der Waals surface area contributed by atoms with E-state index in [1.807, 2.05) is 0 Å². The van der Waals surface area contributed by atoms with Crippen LogP contribution in [-0.4, -0.2) is 20.0 Å². The lowest BCUT2D eigenvalue weighted by molar-refractivity contribution is 0.0979. The molecule has 0 radical (unpaired) electrons. The van der Waals surface area contributed by atoms with E-state index in [0.717, 1.165) is 0 Å². The molecule has 0 saturated carbocycles. The second kappa shape index (κ2) is 6.15. The molecule has 4 rings (SSSR count). The van der Waals surface area contributed by atoms with Crippen molar-refractivity contribution in [2.75, 3.05) is 5.32 Å². The summed E-state index contributed by atoms with van der Waals surface area (Å²) in [6, 6.07) is 17.6. The van der Waals surface area contributed by atoms with Gasteiger partial charge in [0.25, 0.3) is 0 Å². The molecule has 6 nitrogen and oxygen atoms in total. The van der Waals surface area contributed by atoms with Crippen LogP contribution >= 0.6 is 0 Å². The third-order valence-electron chi connectivity index (χ3n) is 4.39. The molecule has 1 aliphatic carbocycles. The molecular weight excluding hydrogens is 364 g/mol. The molecule has 3 aromatic carbocycles. The van der Waals surface area contributed by atoms with Crippen LogP contribution in [0.2, 0.25) is 0 Å². The fourth-order valence-electron chi connectivity index (χ4n) is 3.16. The van der Waals surface area contributed by atoms with Gasteiger partial charge in [-0.2, -0.15) is 0 Å². The van der Waals surface area contributed by atoms with E-state index in [4.69, 9.17) is 5.14 Å². The molecule has 0 spiro atoms. The van der Waals surface area contributed by atoms with Gasteiger partial charge in [0, 0.05) is 22.4 Å². The molecule has 0 saturated heterocycles. The predicted molar refractivity (Wildman–Crippen MR) is 101 cm³/mol. The summed E-state index contributed by atoms with van der Waals surface area (Å²) < 4.78 is 23.1. The van der Waals surface area contributed by atoms with E-state index in [1.54, 1.807) is 54.6 Å². The highest BCUT2D eigenvalue weighted by Gasteiger charge is 2.31. The highest BCUT2D eigenvalue weighted by Crippen LogP contribution is 2.33. The molecule has 1 aliphatic rings. The third-order valence-corrected chi connectivity index (χ3v) is 5.31. The minimum absolute atomic E-state index is 0.0509. The quantitative estimate of drug-likeness (QED) is 0.570. The van der Waals surface area contributed by atoms with Crippen molar-refractivity contribution in [1.29, 1.82) is 0 Å². The second-order valence-electron chi connectivity index (χ2n) is 6.13. The van der Waals surface area contributed by atoms with Crippen LogP contribution in [-0.2, 0) is 10.0 Å². The van der Waals surface area contributed by atoms with Gasteiger partial charge in [-0.3, -0.25) is 9.59 Å². The SMILES string of the molecule is NS(=O)(=O)c1cccc(Nc2cccc3c2C(=O)c2ccccc2C3=O)c1. The summed E-state index contributed by atoms with van der Waals surface area (Å²) in [5.74, 6) is -0.479. The maximum atomic E-state index is 13.0. The Labute approximate surface area is 155 Å². The fraction of sp³-hybridized carbons (Fsp3) is 0. The Morgan fingerprint density at radius 1 is 0.741 bits per heavy atom. The van der Waals surface area contributed by atoms with Crippen molar-refractivity contribution < 1.29 is 18.0 Å². The normalized spacial score (nSPS) is 13.1. The molecule has 0 amide bonds. The average molecular weight is 378 g/mol. The second-order valence-corrected chi connectivity index (χ2v) is 7.69. The maximum absolute atomic E-state index is 13.0. The number of hydrogen-bond acceptors (Lipinski definition) is 5. The monoisotopic (exact) mass is 378 g/mol. The first kappa shape index (κ1) is 17.1. The van der Waals surface area contributed by atoms with Gasteiger partial charge in [0.2, 0.25) is 10.0 Å². The molecule has 0 fully saturated rings. The number of benzene rings is 3. The molecular formula is C20H14N2O4S. The molecule has 0 atom stereocenters. The molecule has 0 unspecified atom stereocenters. The fourth-order valence-corrected chi connectivity index (χ4v) is 3.72. The van der Waals surface area contributed by atoms with Crippen molar-refractivity contribution in [3.05, 3.63) is 89.0 Å². The molecule has 134 valence electrons. The highest BCUT2D eigenvalue weighted by atomic mass is 32.2. The summed E-state index contributed by atoms with van der Waals surface area (Å²) >= 11 is 0. The van der Waals surface area contributed by atoms with Gasteiger partial charge in [0.05, 0.1) is 16.1 Å². The van der Waals surface area contributed by atoms with E-state index >= 15 is 0 Å². The molecule has 0 bridgehead atoms. The van der Waals surface area contributed by atoms with Crippen LogP contribution in [0.4, 0.5) is 11.4 Å². The van der Waals surface area contributed by atoms with Crippen LogP contribution in [0.3, 0.4) is 0 Å². The van der Waals surface area contributed by atoms with E-state index in [-0.39, 0.29) is 22.0 Å². The van der Waals surface area contributed by atoms with Crippen molar-refractivity contribution in [2.24, 2.45) is 5.14 Å². The lowest BCUT2D eigenvalue weighted by Crippen LogP contribution is -2.22. The lowest BCUT2D eigenvalue weighted by Gasteiger charge is -2.20. The average Bonchev–Trinajstić information content (AvgIpc) is 2.65. The van der Waals surface area contributed by atoms with Gasteiger partial charge in [0.1, 0.15) is 0 Å². The van der Waals surface area contributed by atoms with Crippen LogP contribution in [0.15, 0.2) is 71.6 Å². The van der Waals surface area contributed by atoms with Gasteiger partial charge in [-0.1, -0.05) is 42.5 Å². The standard InChI is InChI=1S/C20H14N2O4S/c21-27(25,26)13-6-3-5-12(11-13)22-17-10-4-9-16-18(17)20(24)15-8-2-1-7-14(15)19(16)23/h1-11,22H,(H2,21,25,26). The Balaban J connectivity index is 1.82. The van der Waals surface area contributed by atoms with Crippen LogP contribution in [0.5, 0.6) is 0 Å². The number of carbonyl (C=O) groups excluding carboxylic acids is 2. The Bertz CT molecular complexity index is 1220. The Hall–Kier alpha value is -3.29. The van der Waals surface area contributed by atoms with Gasteiger partial charge < -0.3 is 5.32 Å². The van der Waals surface area contributed by atoms with E-state index in [9.17, 15) is 18.0 Å². The van der Waals surface area contributed by atoms with Gasteiger partial charge in [0.15, 0.2) is 11.6 Å². The number of ketones is 2. The Kier molecular flexibility index (Phi) is 3.91. The summed E-state index contributed by atoms with van der Waals surface area (Å²) in [5, 5.41) is 8.20. The van der Waals surface area contributed by atoms with Crippen LogP contribution in [0.25, 0.3) is 0 Å². The third kappa shape index (κ3) is 2.92. The number of anilines is 2. The highest BCUT2D eigenvalue weighted by molar-refractivity contribution is 7.89. The summed E-state index contributed by atoms with van der Waals surface area (Å²) in [6.07, 6.45) is 0. The summed E-state index contributed by atoms with van der Waals surface area (Å²) in [6.45, 7) is 0. The summed E-state index contributed by atoms with van der Waals surface area (Å²) in [5.41, 5.74) is 2.17. The largest absolute Gasteiger partial charge is 0.355 e. The van der Waals surface area contributed by atoms with Crippen molar-refractivity contribution >= 4 is 33.0 Å². The number of fused-ring (bicyclic) bond motifs is 2. The minimum Gasteiger partial charge on any atom is -0.355 e. The summed E-state index contributed by atoms with van der Waals surface area (Å²) in [4.78, 5) is 25.7. The Morgan fingerprint density at radius 2 is 1.37 bits per heavy atom. The number of rotatable bonds is 3. The van der Waals surface area contributed by atoms with Crippen molar-refractivity contribution in [1.82, 2.24) is 0 Å². The zero-order valence-electron chi connectivity index (χ0n) is 14.0. The minimum atomic E-state index is -3.86. The maximum Gasteiger partial charge on any atom is 0.238 e. The van der Waals surface area contributed by atoms with E-state index < -0.39 is 10.0 Å². The number of carbonyl (C=O) groups is 2. The van der Waals surface area contributed by atoms with Crippen LogP contribution < -0.4 is 10.5 Å². The molecule has 7 heteroatoms. The van der Waals surface area contributed by atoms with E-state index in [1.165, 1.54) is 12.1 Å². The van der Waals surface area contributed by atoms with E-state index in [0.29, 0.717) is 28.1 Å². The summed E-state index contributed by atoms with van der Waals surface area (Å²) in [7, 11) is -3.86. The zero-order valence-corrected chi connectivity index (χ0v) is 14.8. The first-order valence-corrected chi connectivity index (χ1v) is 9.62. The molecule has 0 aromatic heterocycles. The smallest absolute Gasteiger partial charge is 0.238 e. The first-order chi connectivity index (χ1) is 12.9. The molecule has 0 aliphatic heterocycles. The van der Waals surface area contributed by atoms with Crippen molar-refractivity contribution in [2.45, 2.75) is 4.90 Å². The van der Waals surface area contributed by atoms with E-state index in [2.05, 4.69) is 5.32 Å². The van der Waals surface area contributed by atoms with Crippen molar-refractivity contribution in [3.63, 3.8) is 0 Å². The van der Waals surface area contributed by atoms with Gasteiger partial charge in [-0.25, -0.2) is 13.6 Å². The van der Waals surface area contributed by atoms with Gasteiger partial charge >= 0.3 is 0 Å². The van der Waals surface area contributed by atoms with Gasteiger partial charge in [-0.15, -0.1) is 0 Å². The van der Waals surface area contributed by atoms with Crippen molar-refractivity contribution in [3.8, 4) is 0 Å². The van der Waals surface area contributed by atoms with Crippen LogP contribution in [0, 0.1) is 0 Å². The van der Waals surface area contributed by atoms with Crippen LogP contribution in [0.1, 0.15) is 31.8 Å². The molecule has 27 heavy (non-hydrogen) atoms. The number of primary sulfonamides is 1.